The van der Waals surface area contributed by atoms with Gasteiger partial charge in [0.1, 0.15) is 0 Å². The van der Waals surface area contributed by atoms with Crippen molar-refractivity contribution in [1.82, 2.24) is 0 Å². The molecular weight excluding hydrogens is 222 g/mol. The Balaban J connectivity index is 0.000000487. The third-order valence-electron chi connectivity index (χ3n) is 3.02. The van der Waals surface area contributed by atoms with Gasteiger partial charge in [0.15, 0.2) is 0 Å². The second kappa shape index (κ2) is 6.57. The molecule has 16 heavy (non-hydrogen) atoms. The maximum absolute atomic E-state index is 12.6. The largest absolute Gasteiger partial charge is 0.380 e. The van der Waals surface area contributed by atoms with Gasteiger partial charge in [-0.05, 0) is 25.7 Å². The summed E-state index contributed by atoms with van der Waals surface area (Å²) in [6.45, 7) is -2.23. The van der Waals surface area contributed by atoms with Crippen LogP contribution in [0.15, 0.2) is 0 Å². The predicted octanol–water partition coefficient (Wildman–Crippen LogP) is 2.38. The lowest BCUT2D eigenvalue weighted by molar-refractivity contribution is -0.968. The maximum atomic E-state index is 12.6. The number of rotatable bonds is 2. The Morgan fingerprint density at radius 1 is 1.19 bits per heavy atom. The van der Waals surface area contributed by atoms with Crippen LogP contribution in [0.1, 0.15) is 32.1 Å². The molecule has 0 heterocycles. The van der Waals surface area contributed by atoms with E-state index in [0.717, 1.165) is 25.7 Å². The van der Waals surface area contributed by atoms with Crippen LogP contribution >= 0.6 is 0 Å². The van der Waals surface area contributed by atoms with E-state index in [1.165, 1.54) is 6.42 Å². The summed E-state index contributed by atoms with van der Waals surface area (Å²) in [7, 11) is 3.28. The maximum Gasteiger partial charge on any atom is 0.380 e. The summed E-state index contributed by atoms with van der Waals surface area (Å²) in [6.07, 6.45) is 5.41. The van der Waals surface area contributed by atoms with Crippen molar-refractivity contribution >= 4 is 0 Å². The van der Waals surface area contributed by atoms with Gasteiger partial charge < -0.3 is 15.3 Å². The number of hydrogen-bond donors (Lipinski definition) is 0. The molecule has 96 valence electrons. The quantitative estimate of drug-likeness (QED) is 0.322. The van der Waals surface area contributed by atoms with Crippen molar-refractivity contribution < 1.29 is 18.4 Å². The lowest BCUT2D eigenvalue weighted by atomic mass is 9.93. The van der Waals surface area contributed by atoms with Gasteiger partial charge in [-0.15, -0.1) is 0 Å². The monoisotopic (exact) mass is 240 g/mol. The topological polar surface area (TPSA) is 66.2 Å². The van der Waals surface area contributed by atoms with Crippen molar-refractivity contribution in [3.63, 3.8) is 0 Å². The second-order valence-electron chi connectivity index (χ2n) is 4.42. The van der Waals surface area contributed by atoms with Crippen LogP contribution in [0.3, 0.4) is 0 Å². The zero-order valence-corrected chi connectivity index (χ0v) is 9.57. The summed E-state index contributed by atoms with van der Waals surface area (Å²) in [4.78, 5) is 8.25. The van der Waals surface area contributed by atoms with Crippen LogP contribution in [0, 0.1) is 15.3 Å². The SMILES string of the molecule is C[N+](C)(C(F)F)C1CCCCC1.O=[N+]([O-])[O-]. The van der Waals surface area contributed by atoms with Crippen molar-refractivity contribution in [2.24, 2.45) is 0 Å². The van der Waals surface area contributed by atoms with Crippen molar-refractivity contribution in [2.75, 3.05) is 14.1 Å². The van der Waals surface area contributed by atoms with E-state index in [-0.39, 0.29) is 10.5 Å². The van der Waals surface area contributed by atoms with E-state index in [1.54, 1.807) is 14.1 Å². The third-order valence-corrected chi connectivity index (χ3v) is 3.02. The number of alkyl halides is 2. The molecule has 0 saturated heterocycles. The fourth-order valence-corrected chi connectivity index (χ4v) is 1.91. The van der Waals surface area contributed by atoms with Gasteiger partial charge in [0.25, 0.3) is 0 Å². The molecule has 0 aromatic carbocycles. The highest BCUT2D eigenvalue weighted by Crippen LogP contribution is 2.28. The molecule has 0 radical (unpaired) electrons. The summed E-state index contributed by atoms with van der Waals surface area (Å²) < 4.78 is 25.0. The first kappa shape index (κ1) is 15.0. The molecule has 0 aromatic heterocycles. The van der Waals surface area contributed by atoms with E-state index in [9.17, 15) is 8.78 Å². The van der Waals surface area contributed by atoms with Crippen molar-refractivity contribution in [2.45, 2.75) is 44.7 Å². The molecule has 0 bridgehead atoms. The van der Waals surface area contributed by atoms with Gasteiger partial charge in [-0.3, -0.25) is 4.48 Å². The molecule has 0 unspecified atom stereocenters. The van der Waals surface area contributed by atoms with Crippen molar-refractivity contribution in [1.29, 1.82) is 0 Å². The summed E-state index contributed by atoms with van der Waals surface area (Å²) in [5.41, 5.74) is 0. The summed E-state index contributed by atoms with van der Waals surface area (Å²) in [6, 6.07) is 0.179. The molecule has 0 aliphatic heterocycles. The first-order chi connectivity index (χ1) is 7.28. The Hall–Kier alpha value is -0.980. The minimum absolute atomic E-state index is 0.111. The van der Waals surface area contributed by atoms with Crippen LogP contribution in [-0.2, 0) is 0 Å². The molecule has 1 aliphatic carbocycles. The Labute approximate surface area is 93.4 Å². The third kappa shape index (κ3) is 5.20. The zero-order chi connectivity index (χ0) is 12.8. The lowest BCUT2D eigenvalue weighted by Gasteiger charge is -2.38. The number of hydrogen-bond acceptors (Lipinski definition) is 3. The van der Waals surface area contributed by atoms with Crippen LogP contribution in [-0.4, -0.2) is 36.3 Å². The van der Waals surface area contributed by atoms with E-state index in [2.05, 4.69) is 0 Å². The molecule has 7 heteroatoms. The molecule has 5 nitrogen and oxygen atoms in total. The minimum Gasteiger partial charge on any atom is -0.356 e. The molecule has 0 atom stereocenters. The van der Waals surface area contributed by atoms with E-state index in [1.807, 2.05) is 0 Å². The smallest absolute Gasteiger partial charge is 0.356 e. The molecule has 1 aliphatic rings. The zero-order valence-electron chi connectivity index (χ0n) is 9.57. The standard InChI is InChI=1S/C9H18F2N.NO3/c1-12(2,9(10)11)8-6-4-3-5-7-8;2-1(3)4/h8-9H,3-7H2,1-2H3;/q+1;-1. The Morgan fingerprint density at radius 2 is 1.56 bits per heavy atom. The molecule has 1 saturated carbocycles. The van der Waals surface area contributed by atoms with Crippen molar-refractivity contribution in [3.05, 3.63) is 15.3 Å². The average molecular weight is 240 g/mol. The number of nitrogens with zero attached hydrogens (tertiary/aromatic N) is 2. The number of quaternary nitrogens is 1. The Morgan fingerprint density at radius 3 is 1.88 bits per heavy atom. The highest BCUT2D eigenvalue weighted by Gasteiger charge is 2.36. The van der Waals surface area contributed by atoms with E-state index in [4.69, 9.17) is 15.3 Å². The second-order valence-corrected chi connectivity index (χ2v) is 4.42. The molecule has 0 aromatic rings. The molecular formula is C9H18F2N2O3. The predicted molar refractivity (Wildman–Crippen MR) is 55.3 cm³/mol. The minimum atomic E-state index is -2.23. The highest BCUT2D eigenvalue weighted by atomic mass is 19.3. The van der Waals surface area contributed by atoms with Crippen LogP contribution < -0.4 is 0 Å². The highest BCUT2D eigenvalue weighted by molar-refractivity contribution is 4.65. The van der Waals surface area contributed by atoms with Crippen LogP contribution in [0.2, 0.25) is 0 Å². The van der Waals surface area contributed by atoms with Gasteiger partial charge in [0.05, 0.1) is 25.2 Å². The molecule has 0 N–H and O–H groups in total. The van der Waals surface area contributed by atoms with Gasteiger partial charge in [-0.25, -0.2) is 0 Å². The van der Waals surface area contributed by atoms with Crippen molar-refractivity contribution in [3.8, 4) is 0 Å². The van der Waals surface area contributed by atoms with Crippen LogP contribution in [0.25, 0.3) is 0 Å². The molecule has 1 rings (SSSR count). The fourth-order valence-electron chi connectivity index (χ4n) is 1.91. The van der Waals surface area contributed by atoms with Gasteiger partial charge in [-0.1, -0.05) is 6.42 Å². The average Bonchev–Trinajstić information content (AvgIpc) is 2.18. The van der Waals surface area contributed by atoms with Gasteiger partial charge in [0, 0.05) is 0 Å². The normalized spacial score (nSPS) is 17.8. The Kier molecular flexibility index (Phi) is 6.17. The summed E-state index contributed by atoms with van der Waals surface area (Å²) >= 11 is 0. The van der Waals surface area contributed by atoms with Crippen LogP contribution in [0.5, 0.6) is 0 Å². The molecule has 1 fully saturated rings. The van der Waals surface area contributed by atoms with E-state index < -0.39 is 11.6 Å². The first-order valence-corrected chi connectivity index (χ1v) is 5.21. The van der Waals surface area contributed by atoms with Gasteiger partial charge in [-0.2, -0.15) is 8.78 Å². The first-order valence-electron chi connectivity index (χ1n) is 5.21. The number of halogens is 2. The molecule has 0 spiro atoms. The lowest BCUT2D eigenvalue weighted by Crippen LogP contribution is -2.53. The summed E-state index contributed by atoms with van der Waals surface area (Å²) in [5, 5.41) is 14.8. The van der Waals surface area contributed by atoms with E-state index >= 15 is 0 Å². The molecule has 0 amide bonds. The van der Waals surface area contributed by atoms with Crippen LogP contribution in [0.4, 0.5) is 8.78 Å². The fraction of sp³-hybridized carbons (Fsp3) is 1.00. The summed E-state index contributed by atoms with van der Waals surface area (Å²) in [5.74, 6) is 0. The van der Waals surface area contributed by atoms with Gasteiger partial charge in [0.2, 0.25) is 0 Å². The van der Waals surface area contributed by atoms with Gasteiger partial charge >= 0.3 is 6.55 Å². The Bertz CT molecular complexity index is 215. The van der Waals surface area contributed by atoms with E-state index in [0.29, 0.717) is 0 Å².